The molecule has 3 N–H and O–H groups in total. The molecule has 6 heteroatoms. The molecular formula is C11H35N3O3. The second-order valence-electron chi connectivity index (χ2n) is 0.306. The fourth-order valence-corrected chi connectivity index (χ4v) is 0. The average molecular weight is 257 g/mol. The Bertz CT molecular complexity index is 114. The first-order chi connectivity index (χ1) is 4.24. The van der Waals surface area contributed by atoms with Gasteiger partial charge in [0.2, 0.25) is 18.2 Å². The quantitative estimate of drug-likeness (QED) is 0.427. The minimum atomic E-state index is 0. The zero-order valence-corrected chi connectivity index (χ0v) is 4.22. The van der Waals surface area contributed by atoms with E-state index in [9.17, 15) is 0 Å². The van der Waals surface area contributed by atoms with E-state index in [-0.39, 0.29) is 59.4 Å². The van der Waals surface area contributed by atoms with E-state index < -0.39 is 0 Å². The molecule has 0 unspecified atom stereocenters. The topological polar surface area (TPSA) is 123 Å². The summed E-state index contributed by atoms with van der Waals surface area (Å²) in [7, 11) is 0. The van der Waals surface area contributed by atoms with Crippen molar-refractivity contribution in [3.63, 3.8) is 0 Å². The van der Waals surface area contributed by atoms with E-state index in [1.54, 1.807) is 0 Å². The van der Waals surface area contributed by atoms with Crippen LogP contribution in [0.4, 0.5) is 0 Å². The molecular weight excluding hydrogens is 222 g/mol. The van der Waals surface area contributed by atoms with Crippen molar-refractivity contribution in [1.82, 2.24) is 0 Å². The van der Waals surface area contributed by atoms with Crippen molar-refractivity contribution < 1.29 is 14.4 Å². The lowest BCUT2D eigenvalue weighted by Gasteiger charge is -1.02. The van der Waals surface area contributed by atoms with E-state index in [0.29, 0.717) is 0 Å². The summed E-state index contributed by atoms with van der Waals surface area (Å²) in [6.07, 6.45) is 2.25. The minimum Gasteiger partial charge on any atom is -0.222 e. The summed E-state index contributed by atoms with van der Waals surface area (Å²) in [5.41, 5.74) is 0. The maximum absolute atomic E-state index is 8.35. The number of isocyanates is 3. The van der Waals surface area contributed by atoms with Gasteiger partial charge in [-0.2, -0.15) is 0 Å². The maximum atomic E-state index is 8.35. The second-order valence-corrected chi connectivity index (χ2v) is 0.306. The largest absolute Gasteiger partial charge is 0.231 e. The molecule has 6 nitrogen and oxygen atoms in total. The highest BCUT2D eigenvalue weighted by Gasteiger charge is 1.04. The van der Waals surface area contributed by atoms with Crippen LogP contribution in [0.25, 0.3) is 0 Å². The molecule has 0 aliphatic heterocycles. The molecule has 0 spiro atoms. The van der Waals surface area contributed by atoms with Crippen molar-refractivity contribution in [1.29, 1.82) is 16.2 Å². The molecule has 0 radical (unpaired) electrons. The number of hydrogen-bond acceptors (Lipinski definition) is 6. The molecule has 0 aromatic rings. The Labute approximate surface area is 109 Å². The van der Waals surface area contributed by atoms with Gasteiger partial charge in [0.15, 0.2) is 0 Å². The number of hydrogen-bond donors (Lipinski definition) is 3. The molecule has 112 valence electrons. The normalized spacial score (nSPS) is 1.41. The summed E-state index contributed by atoms with van der Waals surface area (Å²) < 4.78 is 0. The Kier molecular flexibility index (Phi) is 19500. The second kappa shape index (κ2) is 1880. The standard InChI is InChI=1S/3CHNO.8CH4/c3*2-1-3;;;;;;;;/h3*2H;8*1H4. The molecule has 0 rings (SSSR count). The van der Waals surface area contributed by atoms with E-state index in [0.717, 1.165) is 18.2 Å². The van der Waals surface area contributed by atoms with Gasteiger partial charge >= 0.3 is 0 Å². The highest BCUT2D eigenvalue weighted by atomic mass is 16.1. The van der Waals surface area contributed by atoms with Gasteiger partial charge in [-0.25, -0.2) is 30.6 Å². The Morgan fingerprint density at radius 1 is 0.412 bits per heavy atom. The van der Waals surface area contributed by atoms with Crippen molar-refractivity contribution in [3.05, 3.63) is 0 Å². The molecule has 0 aliphatic rings. The smallest absolute Gasteiger partial charge is 0.222 e. The van der Waals surface area contributed by atoms with Crippen LogP contribution in [0.2, 0.25) is 0 Å². The van der Waals surface area contributed by atoms with Crippen LogP contribution >= 0.6 is 0 Å². The van der Waals surface area contributed by atoms with Crippen LogP contribution in [0.1, 0.15) is 59.4 Å². The highest BCUT2D eigenvalue weighted by molar-refractivity contribution is 5.26. The summed E-state index contributed by atoms with van der Waals surface area (Å²) in [5.74, 6) is 0. The lowest BCUT2D eigenvalue weighted by Crippen LogP contribution is -1.16. The van der Waals surface area contributed by atoms with Gasteiger partial charge in [-0.05, 0) is 0 Å². The van der Waals surface area contributed by atoms with Crippen LogP contribution in [0.5, 0.6) is 0 Å². The number of rotatable bonds is 0. The molecule has 0 saturated heterocycles. The summed E-state index contributed by atoms with van der Waals surface area (Å²) in [6.45, 7) is 0. The summed E-state index contributed by atoms with van der Waals surface area (Å²) in [5, 5.41) is 16.2. The Hall–Kier alpha value is -1.86. The van der Waals surface area contributed by atoms with Crippen molar-refractivity contribution in [2.75, 3.05) is 0 Å². The maximum Gasteiger partial charge on any atom is 0.231 e. The van der Waals surface area contributed by atoms with Gasteiger partial charge in [0, 0.05) is 0 Å². The van der Waals surface area contributed by atoms with E-state index in [1.165, 1.54) is 0 Å². The number of nitrogens with one attached hydrogen (secondary N) is 3. The Balaban J connectivity index is -0.00000000286. The van der Waals surface area contributed by atoms with Crippen LogP contribution in [-0.2, 0) is 14.4 Å². The van der Waals surface area contributed by atoms with Crippen molar-refractivity contribution in [2.24, 2.45) is 0 Å². The summed E-state index contributed by atoms with van der Waals surface area (Å²) in [4.78, 5) is 25.0. The Morgan fingerprint density at radius 3 is 0.412 bits per heavy atom. The first kappa shape index (κ1) is 177. The highest BCUT2D eigenvalue weighted by Crippen LogP contribution is 0.874. The molecule has 0 atom stereocenters. The molecule has 0 fully saturated rings. The van der Waals surface area contributed by atoms with E-state index in [4.69, 9.17) is 30.6 Å². The van der Waals surface area contributed by atoms with Gasteiger partial charge in [-0.3, -0.25) is 0 Å². The van der Waals surface area contributed by atoms with Crippen LogP contribution in [0.15, 0.2) is 0 Å². The lowest BCUT2D eigenvalue weighted by molar-refractivity contribution is 0.562. The van der Waals surface area contributed by atoms with Gasteiger partial charge in [0.1, 0.15) is 0 Å². The molecule has 17 heavy (non-hydrogen) atoms. The molecule has 0 aromatic carbocycles. The summed E-state index contributed by atoms with van der Waals surface area (Å²) in [6, 6.07) is 0. The first-order valence-corrected chi connectivity index (χ1v) is 1.36. The molecule has 0 bridgehead atoms. The van der Waals surface area contributed by atoms with E-state index in [1.807, 2.05) is 0 Å². The molecule has 0 aromatic heterocycles. The summed E-state index contributed by atoms with van der Waals surface area (Å²) >= 11 is 0. The third-order valence-electron chi connectivity index (χ3n) is 0. The first-order valence-electron chi connectivity index (χ1n) is 1.36. The van der Waals surface area contributed by atoms with E-state index in [2.05, 4.69) is 0 Å². The van der Waals surface area contributed by atoms with Crippen LogP contribution < -0.4 is 0 Å². The Morgan fingerprint density at radius 2 is 0.412 bits per heavy atom. The van der Waals surface area contributed by atoms with E-state index >= 15 is 0 Å². The predicted molar refractivity (Wildman–Crippen MR) is 79.1 cm³/mol. The van der Waals surface area contributed by atoms with Crippen molar-refractivity contribution >= 4 is 18.2 Å². The van der Waals surface area contributed by atoms with Gasteiger partial charge < -0.3 is 0 Å². The van der Waals surface area contributed by atoms with Gasteiger partial charge in [0.25, 0.3) is 0 Å². The van der Waals surface area contributed by atoms with Gasteiger partial charge in [-0.15, -0.1) is 0 Å². The molecule has 0 amide bonds. The minimum absolute atomic E-state index is 0. The molecule has 0 aliphatic carbocycles. The molecule has 0 saturated carbocycles. The molecule has 0 heterocycles. The van der Waals surface area contributed by atoms with Gasteiger partial charge in [-0.1, -0.05) is 59.4 Å². The zero-order chi connectivity index (χ0) is 8.12. The monoisotopic (exact) mass is 257 g/mol. The van der Waals surface area contributed by atoms with Crippen molar-refractivity contribution in [3.8, 4) is 0 Å². The lowest BCUT2D eigenvalue weighted by atomic mass is 11.7. The fraction of sp³-hybridized carbons (Fsp3) is 0.727. The third kappa shape index (κ3) is 602. The fourth-order valence-electron chi connectivity index (χ4n) is 0. The average Bonchev–Trinajstić information content (AvgIpc) is 1.70. The third-order valence-corrected chi connectivity index (χ3v) is 0. The SMILES string of the molecule is C.C.C.C.C.C.C.C.N=C=O.N=C=O.N=C=O. The van der Waals surface area contributed by atoms with Gasteiger partial charge in [0.05, 0.1) is 0 Å². The van der Waals surface area contributed by atoms with Crippen molar-refractivity contribution in [2.45, 2.75) is 59.4 Å². The van der Waals surface area contributed by atoms with Crippen LogP contribution in [0.3, 0.4) is 0 Å². The van der Waals surface area contributed by atoms with Crippen LogP contribution in [-0.4, -0.2) is 18.2 Å². The zero-order valence-electron chi connectivity index (χ0n) is 4.22. The predicted octanol–water partition coefficient (Wildman–Crippen LogP) is 4.79. The van der Waals surface area contributed by atoms with Crippen LogP contribution in [0, 0.1) is 16.2 Å². The number of carbonyl (C=O) groups excluding carboxylic acids is 3.